The van der Waals surface area contributed by atoms with Crippen LogP contribution in [0, 0.1) is 17.5 Å². The molecule has 3 nitrogen and oxygen atoms in total. The highest BCUT2D eigenvalue weighted by Gasteiger charge is 2.16. The molecule has 23 heavy (non-hydrogen) atoms. The van der Waals surface area contributed by atoms with Crippen LogP contribution < -0.4 is 10.2 Å². The van der Waals surface area contributed by atoms with Gasteiger partial charge in [0.05, 0.1) is 17.6 Å². The van der Waals surface area contributed by atoms with Gasteiger partial charge in [-0.3, -0.25) is 4.79 Å². The minimum atomic E-state index is -1.04. The Bertz CT molecular complexity index is 704. The Morgan fingerprint density at radius 2 is 1.87 bits per heavy atom. The number of hydrogen-bond acceptors (Lipinski definition) is 1. The molecule has 7 heteroatoms. The molecular weight excluding hydrogens is 329 g/mol. The predicted molar refractivity (Wildman–Crippen MR) is 81.9 cm³/mol. The SMILES string of the molecule is C[NH+](CC(=O)Nc1ccc(F)c(F)c1)Cc1c(F)cccc1Cl. The lowest BCUT2D eigenvalue weighted by molar-refractivity contribution is -0.885. The van der Waals surface area contributed by atoms with Crippen molar-refractivity contribution in [2.24, 2.45) is 0 Å². The molecule has 0 saturated heterocycles. The molecule has 2 N–H and O–H groups in total. The molecule has 0 spiro atoms. The van der Waals surface area contributed by atoms with E-state index >= 15 is 0 Å². The number of amides is 1. The van der Waals surface area contributed by atoms with Crippen LogP contribution in [0.25, 0.3) is 0 Å². The van der Waals surface area contributed by atoms with E-state index in [1.54, 1.807) is 13.1 Å². The van der Waals surface area contributed by atoms with Crippen LogP contribution in [-0.4, -0.2) is 19.5 Å². The molecule has 2 aromatic carbocycles. The van der Waals surface area contributed by atoms with E-state index < -0.39 is 23.4 Å². The van der Waals surface area contributed by atoms with Gasteiger partial charge in [0.25, 0.3) is 5.91 Å². The number of benzene rings is 2. The molecule has 1 atom stereocenters. The maximum atomic E-state index is 13.7. The maximum Gasteiger partial charge on any atom is 0.279 e. The average Bonchev–Trinajstić information content (AvgIpc) is 2.47. The summed E-state index contributed by atoms with van der Waals surface area (Å²) in [5.41, 5.74) is 0.484. The molecule has 0 aliphatic rings. The van der Waals surface area contributed by atoms with Crippen molar-refractivity contribution >= 4 is 23.2 Å². The third-order valence-electron chi connectivity index (χ3n) is 3.21. The van der Waals surface area contributed by atoms with Gasteiger partial charge in [-0.2, -0.15) is 0 Å². The lowest BCUT2D eigenvalue weighted by Gasteiger charge is -2.15. The molecule has 0 bridgehead atoms. The molecule has 0 aromatic heterocycles. The van der Waals surface area contributed by atoms with E-state index in [2.05, 4.69) is 5.32 Å². The molecule has 0 aliphatic heterocycles. The maximum absolute atomic E-state index is 13.7. The van der Waals surface area contributed by atoms with Gasteiger partial charge >= 0.3 is 0 Å². The van der Waals surface area contributed by atoms with E-state index in [1.807, 2.05) is 0 Å². The molecule has 0 heterocycles. The second-order valence-corrected chi connectivity index (χ2v) is 5.60. The first-order valence-electron chi connectivity index (χ1n) is 6.86. The number of carbonyl (C=O) groups excluding carboxylic acids is 1. The second-order valence-electron chi connectivity index (χ2n) is 5.19. The van der Waals surface area contributed by atoms with Crippen LogP contribution in [-0.2, 0) is 11.3 Å². The Labute approximate surface area is 136 Å². The number of nitrogens with one attached hydrogen (secondary N) is 2. The largest absolute Gasteiger partial charge is 0.326 e. The van der Waals surface area contributed by atoms with Crippen molar-refractivity contribution in [3.63, 3.8) is 0 Å². The standard InChI is InChI=1S/C16H14ClF3N2O/c1-22(8-11-12(17)3-2-4-13(11)18)9-16(23)21-10-5-6-14(19)15(20)7-10/h2-7H,8-9H2,1H3,(H,21,23)/p+1. The Hall–Kier alpha value is -2.05. The van der Waals surface area contributed by atoms with Crippen molar-refractivity contribution in [3.8, 4) is 0 Å². The third-order valence-corrected chi connectivity index (χ3v) is 3.56. The van der Waals surface area contributed by atoms with Gasteiger partial charge in [0.2, 0.25) is 0 Å². The summed E-state index contributed by atoms with van der Waals surface area (Å²) in [5, 5.41) is 2.76. The monoisotopic (exact) mass is 343 g/mol. The molecule has 0 aliphatic carbocycles. The van der Waals surface area contributed by atoms with E-state index in [9.17, 15) is 18.0 Å². The van der Waals surface area contributed by atoms with Gasteiger partial charge < -0.3 is 10.2 Å². The van der Waals surface area contributed by atoms with E-state index in [4.69, 9.17) is 11.6 Å². The van der Waals surface area contributed by atoms with Gasteiger partial charge in [0.1, 0.15) is 12.4 Å². The number of hydrogen-bond donors (Lipinski definition) is 2. The van der Waals surface area contributed by atoms with Crippen LogP contribution in [0.1, 0.15) is 5.56 Å². The van der Waals surface area contributed by atoms with E-state index in [0.29, 0.717) is 15.5 Å². The first-order valence-corrected chi connectivity index (χ1v) is 7.23. The Kier molecular flexibility index (Phi) is 5.63. The van der Waals surface area contributed by atoms with Crippen LogP contribution in [0.5, 0.6) is 0 Å². The highest BCUT2D eigenvalue weighted by Crippen LogP contribution is 2.17. The van der Waals surface area contributed by atoms with Crippen molar-refractivity contribution < 1.29 is 22.9 Å². The van der Waals surface area contributed by atoms with Crippen molar-refractivity contribution in [2.45, 2.75) is 6.54 Å². The topological polar surface area (TPSA) is 33.5 Å². The summed E-state index contributed by atoms with van der Waals surface area (Å²) in [6.45, 7) is 0.236. The summed E-state index contributed by atoms with van der Waals surface area (Å²) in [7, 11) is 1.70. The number of anilines is 1. The number of quaternary nitrogens is 1. The minimum absolute atomic E-state index is 0.0175. The smallest absolute Gasteiger partial charge is 0.279 e. The second kappa shape index (κ2) is 7.48. The van der Waals surface area contributed by atoms with E-state index in [-0.39, 0.29) is 18.8 Å². The molecule has 0 saturated carbocycles. The fourth-order valence-electron chi connectivity index (χ4n) is 2.12. The van der Waals surface area contributed by atoms with Gasteiger partial charge in [0.15, 0.2) is 18.2 Å². The highest BCUT2D eigenvalue weighted by atomic mass is 35.5. The predicted octanol–water partition coefficient (Wildman–Crippen LogP) is 2.41. The summed E-state index contributed by atoms with van der Waals surface area (Å²) in [6, 6.07) is 7.48. The van der Waals surface area contributed by atoms with Crippen molar-refractivity contribution in [3.05, 3.63) is 64.4 Å². The molecule has 0 fully saturated rings. The fourth-order valence-corrected chi connectivity index (χ4v) is 2.35. The van der Waals surface area contributed by atoms with Gasteiger partial charge in [-0.25, -0.2) is 13.2 Å². The van der Waals surface area contributed by atoms with Crippen molar-refractivity contribution in [2.75, 3.05) is 18.9 Å². The van der Waals surface area contributed by atoms with Crippen LogP contribution in [0.2, 0.25) is 5.02 Å². The lowest BCUT2D eigenvalue weighted by atomic mass is 10.2. The zero-order valence-electron chi connectivity index (χ0n) is 12.3. The summed E-state index contributed by atoms with van der Waals surface area (Å²) >= 11 is 5.94. The summed E-state index contributed by atoms with van der Waals surface area (Å²) in [6.07, 6.45) is 0. The first kappa shape index (κ1) is 17.3. The molecule has 2 rings (SSSR count). The average molecular weight is 344 g/mol. The summed E-state index contributed by atoms with van der Waals surface area (Å²) in [4.78, 5) is 12.6. The van der Waals surface area contributed by atoms with Gasteiger partial charge in [-0.05, 0) is 24.3 Å². The fraction of sp³-hybridized carbons (Fsp3) is 0.188. The lowest BCUT2D eigenvalue weighted by Crippen LogP contribution is -3.08. The highest BCUT2D eigenvalue weighted by molar-refractivity contribution is 6.31. The molecule has 122 valence electrons. The van der Waals surface area contributed by atoms with Crippen LogP contribution in [0.3, 0.4) is 0 Å². The van der Waals surface area contributed by atoms with Crippen LogP contribution >= 0.6 is 11.6 Å². The van der Waals surface area contributed by atoms with Gasteiger partial charge in [-0.15, -0.1) is 0 Å². The Balaban J connectivity index is 1.95. The molecule has 2 aromatic rings. The van der Waals surface area contributed by atoms with E-state index in [0.717, 1.165) is 12.1 Å². The Morgan fingerprint density at radius 1 is 1.13 bits per heavy atom. The van der Waals surface area contributed by atoms with E-state index in [1.165, 1.54) is 18.2 Å². The number of halogens is 4. The normalized spacial score (nSPS) is 12.0. The number of rotatable bonds is 5. The van der Waals surface area contributed by atoms with Crippen molar-refractivity contribution in [1.29, 1.82) is 0 Å². The molecular formula is C16H15ClF3N2O+. The summed E-state index contributed by atoms with van der Waals surface area (Å²) in [5.74, 6) is -2.86. The van der Waals surface area contributed by atoms with Crippen LogP contribution in [0.15, 0.2) is 36.4 Å². The Morgan fingerprint density at radius 3 is 2.52 bits per heavy atom. The van der Waals surface area contributed by atoms with Crippen molar-refractivity contribution in [1.82, 2.24) is 0 Å². The zero-order valence-corrected chi connectivity index (χ0v) is 13.1. The van der Waals surface area contributed by atoms with Crippen LogP contribution in [0.4, 0.5) is 18.9 Å². The first-order chi connectivity index (χ1) is 10.9. The summed E-state index contributed by atoms with van der Waals surface area (Å²) < 4.78 is 39.6. The molecule has 1 unspecified atom stereocenters. The van der Waals surface area contributed by atoms with Gasteiger partial charge in [0, 0.05) is 11.8 Å². The molecule has 1 amide bonds. The molecule has 0 radical (unpaired) electrons. The zero-order chi connectivity index (χ0) is 17.0. The number of carbonyl (C=O) groups is 1. The quantitative estimate of drug-likeness (QED) is 0.859. The third kappa shape index (κ3) is 4.71. The number of likely N-dealkylation sites (N-methyl/N-ethyl adjacent to an activating group) is 1. The minimum Gasteiger partial charge on any atom is -0.326 e. The van der Waals surface area contributed by atoms with Gasteiger partial charge in [-0.1, -0.05) is 17.7 Å².